The fourth-order valence-electron chi connectivity index (χ4n) is 2.39. The van der Waals surface area contributed by atoms with E-state index in [4.69, 9.17) is 4.74 Å². The van der Waals surface area contributed by atoms with Crippen molar-refractivity contribution in [3.63, 3.8) is 0 Å². The van der Waals surface area contributed by atoms with Gasteiger partial charge in [-0.2, -0.15) is 0 Å². The van der Waals surface area contributed by atoms with Gasteiger partial charge in [-0.3, -0.25) is 0 Å². The van der Waals surface area contributed by atoms with E-state index < -0.39 is 0 Å². The number of piperidine rings is 1. The van der Waals surface area contributed by atoms with E-state index in [9.17, 15) is 0 Å². The maximum atomic E-state index is 5.49. The van der Waals surface area contributed by atoms with Gasteiger partial charge in [-0.25, -0.2) is 0 Å². The van der Waals surface area contributed by atoms with Gasteiger partial charge in [-0.05, 0) is 44.3 Å². The van der Waals surface area contributed by atoms with Gasteiger partial charge < -0.3 is 9.64 Å². The maximum Gasteiger partial charge on any atom is 0.0524 e. The lowest BCUT2D eigenvalue weighted by Gasteiger charge is -2.37. The molecular formula is C10H19NO. The molecule has 2 heterocycles. The van der Waals surface area contributed by atoms with Crippen LogP contribution < -0.4 is 0 Å². The summed E-state index contributed by atoms with van der Waals surface area (Å²) in [5.41, 5.74) is 0.589. The van der Waals surface area contributed by atoms with Crippen molar-refractivity contribution in [2.75, 3.05) is 32.8 Å². The van der Waals surface area contributed by atoms with Gasteiger partial charge in [0.05, 0.1) is 6.61 Å². The molecule has 2 fully saturated rings. The van der Waals surface area contributed by atoms with Gasteiger partial charge in [0.15, 0.2) is 0 Å². The largest absolute Gasteiger partial charge is 0.381 e. The minimum Gasteiger partial charge on any atom is -0.381 e. The molecule has 0 aromatic heterocycles. The molecule has 0 aromatic rings. The zero-order chi connectivity index (χ0) is 8.44. The number of rotatable bonds is 1. The Bertz CT molecular complexity index is 142. The van der Waals surface area contributed by atoms with Crippen LogP contribution in [0.15, 0.2) is 0 Å². The van der Waals surface area contributed by atoms with Crippen LogP contribution in [-0.2, 0) is 4.74 Å². The second-order valence-corrected chi connectivity index (χ2v) is 4.24. The summed E-state index contributed by atoms with van der Waals surface area (Å²) in [6.45, 7) is 8.09. The number of likely N-dealkylation sites (tertiary alicyclic amines) is 1. The molecule has 0 radical (unpaired) electrons. The number of ether oxygens (including phenoxy) is 1. The predicted molar refractivity (Wildman–Crippen MR) is 49.2 cm³/mol. The van der Waals surface area contributed by atoms with Gasteiger partial charge in [0.25, 0.3) is 0 Å². The quantitative estimate of drug-likeness (QED) is 0.590. The van der Waals surface area contributed by atoms with Crippen molar-refractivity contribution in [1.82, 2.24) is 4.90 Å². The first-order chi connectivity index (χ1) is 5.85. The molecule has 0 aliphatic carbocycles. The second-order valence-electron chi connectivity index (χ2n) is 4.24. The second kappa shape index (κ2) is 3.35. The Morgan fingerprint density at radius 2 is 2.00 bits per heavy atom. The number of hydrogen-bond acceptors (Lipinski definition) is 2. The highest BCUT2D eigenvalue weighted by molar-refractivity contribution is 4.88. The Hall–Kier alpha value is -0.0800. The summed E-state index contributed by atoms with van der Waals surface area (Å²) in [5, 5.41) is 0. The van der Waals surface area contributed by atoms with Gasteiger partial charge in [0.1, 0.15) is 0 Å². The minimum atomic E-state index is 0.589. The molecule has 0 unspecified atom stereocenters. The third-order valence-electron chi connectivity index (χ3n) is 3.55. The van der Waals surface area contributed by atoms with E-state index in [0.29, 0.717) is 5.41 Å². The summed E-state index contributed by atoms with van der Waals surface area (Å²) in [4.78, 5) is 2.55. The van der Waals surface area contributed by atoms with Gasteiger partial charge in [0, 0.05) is 6.61 Å². The molecule has 70 valence electrons. The van der Waals surface area contributed by atoms with Crippen LogP contribution in [0.1, 0.15) is 26.2 Å². The van der Waals surface area contributed by atoms with Gasteiger partial charge in [-0.15, -0.1) is 0 Å². The van der Waals surface area contributed by atoms with Gasteiger partial charge in [-0.1, -0.05) is 6.92 Å². The highest BCUT2D eigenvalue weighted by atomic mass is 16.5. The molecule has 0 N–H and O–H groups in total. The molecule has 2 heteroatoms. The molecule has 0 aromatic carbocycles. The molecule has 0 saturated carbocycles. The number of nitrogens with zero attached hydrogens (tertiary/aromatic N) is 1. The van der Waals surface area contributed by atoms with Crippen molar-refractivity contribution in [2.24, 2.45) is 5.41 Å². The highest BCUT2D eigenvalue weighted by Gasteiger charge is 2.37. The Kier molecular flexibility index (Phi) is 2.37. The molecule has 2 aliphatic heterocycles. The smallest absolute Gasteiger partial charge is 0.0524 e. The van der Waals surface area contributed by atoms with Crippen LogP contribution in [0.4, 0.5) is 0 Å². The SMILES string of the molecule is CCN1CCC2(CCOC2)CC1. The molecule has 0 bridgehead atoms. The van der Waals surface area contributed by atoms with Gasteiger partial charge >= 0.3 is 0 Å². The molecule has 2 nitrogen and oxygen atoms in total. The van der Waals surface area contributed by atoms with E-state index in [2.05, 4.69) is 11.8 Å². The van der Waals surface area contributed by atoms with Crippen LogP contribution in [0.25, 0.3) is 0 Å². The Morgan fingerprint density at radius 1 is 1.25 bits per heavy atom. The Morgan fingerprint density at radius 3 is 2.50 bits per heavy atom. The summed E-state index contributed by atoms with van der Waals surface area (Å²) in [7, 11) is 0. The molecule has 0 atom stereocenters. The van der Waals surface area contributed by atoms with Crippen molar-refractivity contribution in [2.45, 2.75) is 26.2 Å². The fourth-order valence-corrected chi connectivity index (χ4v) is 2.39. The van der Waals surface area contributed by atoms with Crippen LogP contribution in [0.5, 0.6) is 0 Å². The van der Waals surface area contributed by atoms with Crippen molar-refractivity contribution < 1.29 is 4.74 Å². The lowest BCUT2D eigenvalue weighted by atomic mass is 9.78. The first-order valence-corrected chi connectivity index (χ1v) is 5.15. The zero-order valence-electron chi connectivity index (χ0n) is 8.01. The molecule has 1 spiro atoms. The van der Waals surface area contributed by atoms with Crippen molar-refractivity contribution in [1.29, 1.82) is 0 Å². The van der Waals surface area contributed by atoms with Crippen molar-refractivity contribution in [3.8, 4) is 0 Å². The average Bonchev–Trinajstić information content (AvgIpc) is 2.55. The van der Waals surface area contributed by atoms with E-state index in [1.165, 1.54) is 38.9 Å². The normalized spacial score (nSPS) is 29.8. The van der Waals surface area contributed by atoms with E-state index in [0.717, 1.165) is 13.2 Å². The van der Waals surface area contributed by atoms with Crippen molar-refractivity contribution >= 4 is 0 Å². The summed E-state index contributed by atoms with van der Waals surface area (Å²) in [6.07, 6.45) is 4.03. The summed E-state index contributed by atoms with van der Waals surface area (Å²) < 4.78 is 5.49. The molecule has 0 amide bonds. The summed E-state index contributed by atoms with van der Waals surface area (Å²) >= 11 is 0. The number of hydrogen-bond donors (Lipinski definition) is 0. The molecular weight excluding hydrogens is 150 g/mol. The van der Waals surface area contributed by atoms with E-state index in [1.807, 2.05) is 0 Å². The first kappa shape index (κ1) is 8.52. The predicted octanol–water partition coefficient (Wildman–Crippen LogP) is 1.51. The third-order valence-corrected chi connectivity index (χ3v) is 3.55. The monoisotopic (exact) mass is 169 g/mol. The third kappa shape index (κ3) is 1.50. The van der Waals surface area contributed by atoms with Gasteiger partial charge in [0.2, 0.25) is 0 Å². The Labute approximate surface area is 74.9 Å². The molecule has 2 rings (SSSR count). The first-order valence-electron chi connectivity index (χ1n) is 5.15. The Balaban J connectivity index is 1.88. The zero-order valence-corrected chi connectivity index (χ0v) is 8.01. The van der Waals surface area contributed by atoms with Crippen LogP contribution in [0.2, 0.25) is 0 Å². The van der Waals surface area contributed by atoms with Crippen LogP contribution >= 0.6 is 0 Å². The lowest BCUT2D eigenvalue weighted by molar-refractivity contribution is 0.0833. The standard InChI is InChI=1S/C10H19NO/c1-2-11-6-3-10(4-7-11)5-8-12-9-10/h2-9H2,1H3. The van der Waals surface area contributed by atoms with Crippen LogP contribution in [0, 0.1) is 5.41 Å². The summed E-state index contributed by atoms with van der Waals surface area (Å²) in [5.74, 6) is 0. The molecule has 12 heavy (non-hydrogen) atoms. The van der Waals surface area contributed by atoms with E-state index >= 15 is 0 Å². The average molecular weight is 169 g/mol. The maximum absolute atomic E-state index is 5.49. The molecule has 2 saturated heterocycles. The fraction of sp³-hybridized carbons (Fsp3) is 1.00. The van der Waals surface area contributed by atoms with E-state index in [-0.39, 0.29) is 0 Å². The topological polar surface area (TPSA) is 12.5 Å². The van der Waals surface area contributed by atoms with Crippen molar-refractivity contribution in [3.05, 3.63) is 0 Å². The highest BCUT2D eigenvalue weighted by Crippen LogP contribution is 2.38. The summed E-state index contributed by atoms with van der Waals surface area (Å²) in [6, 6.07) is 0. The minimum absolute atomic E-state index is 0.589. The molecule has 2 aliphatic rings. The lowest BCUT2D eigenvalue weighted by Crippen LogP contribution is -2.40. The van der Waals surface area contributed by atoms with Crippen LogP contribution in [-0.4, -0.2) is 37.7 Å². The van der Waals surface area contributed by atoms with E-state index in [1.54, 1.807) is 0 Å². The van der Waals surface area contributed by atoms with Crippen LogP contribution in [0.3, 0.4) is 0 Å².